The van der Waals surface area contributed by atoms with E-state index in [0.29, 0.717) is 5.69 Å². The highest BCUT2D eigenvalue weighted by Crippen LogP contribution is 2.23. The smallest absolute Gasteiger partial charge is 0.266 e. The molecule has 0 unspecified atom stereocenters. The van der Waals surface area contributed by atoms with Crippen molar-refractivity contribution in [3.63, 3.8) is 0 Å². The maximum atomic E-state index is 14.1. The van der Waals surface area contributed by atoms with E-state index in [1.54, 1.807) is 18.2 Å². The minimum atomic E-state index is -0.505. The Morgan fingerprint density at radius 3 is 2.72 bits per heavy atom. The van der Waals surface area contributed by atoms with E-state index in [0.717, 1.165) is 11.8 Å². The summed E-state index contributed by atoms with van der Waals surface area (Å²) in [7, 11) is 0. The summed E-state index contributed by atoms with van der Waals surface area (Å²) in [5, 5.41) is 5.37. The molecule has 0 radical (unpaired) electrons. The molecule has 0 aliphatic rings. The fraction of sp³-hybridized carbons (Fsp3) is 0.0526. The summed E-state index contributed by atoms with van der Waals surface area (Å²) < 4.78 is 28.7. The van der Waals surface area contributed by atoms with Crippen LogP contribution in [0.15, 0.2) is 64.5 Å². The molecule has 4 aromatic rings. The number of nitrogens with zero attached hydrogens (tertiary/aromatic N) is 3. The Morgan fingerprint density at radius 1 is 1.10 bits per heavy atom. The van der Waals surface area contributed by atoms with Crippen molar-refractivity contribution < 1.29 is 13.6 Å². The molecule has 1 amide bonds. The number of aromatic nitrogens is 4. The molecular formula is C19H13F2N5O2S. The van der Waals surface area contributed by atoms with E-state index in [-0.39, 0.29) is 27.9 Å². The first-order valence-electron chi connectivity index (χ1n) is 8.42. The number of carbonyl (C=O) groups excluding carboxylic acids is 1. The Bertz CT molecular complexity index is 1270. The summed E-state index contributed by atoms with van der Waals surface area (Å²) in [6.45, 7) is 0. The first-order valence-corrected chi connectivity index (χ1v) is 9.41. The predicted octanol–water partition coefficient (Wildman–Crippen LogP) is 3.09. The van der Waals surface area contributed by atoms with Crippen LogP contribution in [-0.2, 0) is 4.79 Å². The number of amides is 1. The Balaban J connectivity index is 1.61. The zero-order chi connectivity index (χ0) is 20.4. The van der Waals surface area contributed by atoms with Crippen molar-refractivity contribution in [3.05, 3.63) is 76.6 Å². The molecule has 146 valence electrons. The number of fused-ring (bicyclic) bond motifs is 1. The van der Waals surface area contributed by atoms with Crippen molar-refractivity contribution in [2.45, 2.75) is 5.16 Å². The van der Waals surface area contributed by atoms with E-state index in [2.05, 4.69) is 20.4 Å². The first kappa shape index (κ1) is 18.8. The average molecular weight is 413 g/mol. The molecule has 0 atom stereocenters. The molecule has 2 aromatic heterocycles. The van der Waals surface area contributed by atoms with E-state index >= 15 is 0 Å². The number of aromatic amines is 1. The quantitative estimate of drug-likeness (QED) is 0.491. The lowest BCUT2D eigenvalue weighted by atomic mass is 10.2. The van der Waals surface area contributed by atoms with E-state index < -0.39 is 23.1 Å². The zero-order valence-corrected chi connectivity index (χ0v) is 15.5. The van der Waals surface area contributed by atoms with Crippen molar-refractivity contribution in [2.24, 2.45) is 0 Å². The van der Waals surface area contributed by atoms with Crippen molar-refractivity contribution >= 4 is 29.0 Å². The summed E-state index contributed by atoms with van der Waals surface area (Å²) in [5.41, 5.74) is 0.340. The largest absolute Gasteiger partial charge is 0.325 e. The Morgan fingerprint density at radius 2 is 1.93 bits per heavy atom. The van der Waals surface area contributed by atoms with Crippen LogP contribution in [-0.4, -0.2) is 31.2 Å². The van der Waals surface area contributed by atoms with E-state index in [1.807, 2.05) is 0 Å². The van der Waals surface area contributed by atoms with Gasteiger partial charge in [0.2, 0.25) is 5.91 Å². The molecule has 0 aliphatic heterocycles. The number of benzene rings is 2. The van der Waals surface area contributed by atoms with Crippen LogP contribution in [0.2, 0.25) is 0 Å². The molecule has 2 N–H and O–H groups in total. The van der Waals surface area contributed by atoms with E-state index in [9.17, 15) is 18.4 Å². The third kappa shape index (κ3) is 4.16. The molecule has 10 heteroatoms. The summed E-state index contributed by atoms with van der Waals surface area (Å²) in [6.07, 6.45) is 0. The molecule has 29 heavy (non-hydrogen) atoms. The number of thioether (sulfide) groups is 1. The molecule has 4 rings (SSSR count). The summed E-state index contributed by atoms with van der Waals surface area (Å²) in [5.74, 6) is -1.34. The lowest BCUT2D eigenvalue weighted by molar-refractivity contribution is -0.113. The number of anilines is 1. The summed E-state index contributed by atoms with van der Waals surface area (Å²) in [6, 6.07) is 12.8. The van der Waals surface area contributed by atoms with Crippen LogP contribution in [0.25, 0.3) is 17.0 Å². The second kappa shape index (κ2) is 7.84. The molecule has 2 heterocycles. The number of hydrogen-bond acceptors (Lipinski definition) is 5. The van der Waals surface area contributed by atoms with Gasteiger partial charge in [0, 0.05) is 11.8 Å². The SMILES string of the molecule is O=C(CSc1nc(-c2ccccc2F)nc2cc(=O)[nH]n12)Nc1cccc(F)c1. The third-order valence-electron chi connectivity index (χ3n) is 3.88. The van der Waals surface area contributed by atoms with Gasteiger partial charge in [-0.2, -0.15) is 0 Å². The Hall–Kier alpha value is -3.53. The van der Waals surface area contributed by atoms with Crippen molar-refractivity contribution in [1.29, 1.82) is 0 Å². The highest BCUT2D eigenvalue weighted by atomic mass is 32.2. The first-order chi connectivity index (χ1) is 14.0. The van der Waals surface area contributed by atoms with Crippen LogP contribution in [0.3, 0.4) is 0 Å². The molecule has 0 aliphatic carbocycles. The van der Waals surface area contributed by atoms with Crippen molar-refractivity contribution in [3.8, 4) is 11.4 Å². The standard InChI is InChI=1S/C19H13F2N5O2S/c20-11-4-3-5-12(8-11)22-17(28)10-29-19-24-18(13-6-1-2-7-14(13)21)23-15-9-16(27)25-26(15)19/h1-9H,10H2,(H,22,28)(H,25,27). The van der Waals surface area contributed by atoms with Gasteiger partial charge >= 0.3 is 0 Å². The van der Waals surface area contributed by atoms with Crippen molar-refractivity contribution in [1.82, 2.24) is 19.6 Å². The monoisotopic (exact) mass is 413 g/mol. The molecule has 0 fully saturated rings. The molecule has 0 spiro atoms. The van der Waals surface area contributed by atoms with Gasteiger partial charge in [0.25, 0.3) is 5.56 Å². The van der Waals surface area contributed by atoms with E-state index in [4.69, 9.17) is 0 Å². The Labute approximate surface area is 166 Å². The lowest BCUT2D eigenvalue weighted by Crippen LogP contribution is -2.15. The van der Waals surface area contributed by atoms with Gasteiger partial charge < -0.3 is 5.32 Å². The van der Waals surface area contributed by atoms with Crippen molar-refractivity contribution in [2.75, 3.05) is 11.1 Å². The second-order valence-electron chi connectivity index (χ2n) is 5.97. The van der Waals surface area contributed by atoms with Crippen LogP contribution in [0.5, 0.6) is 0 Å². The maximum absolute atomic E-state index is 14.1. The number of nitrogens with one attached hydrogen (secondary N) is 2. The van der Waals surface area contributed by atoms with Crippen LogP contribution in [0.1, 0.15) is 0 Å². The van der Waals surface area contributed by atoms with Crippen LogP contribution >= 0.6 is 11.8 Å². The maximum Gasteiger partial charge on any atom is 0.266 e. The van der Waals surface area contributed by atoms with Gasteiger partial charge in [-0.3, -0.25) is 14.7 Å². The van der Waals surface area contributed by atoms with Gasteiger partial charge in [0.1, 0.15) is 11.6 Å². The number of H-pyrrole nitrogens is 1. The van der Waals surface area contributed by atoms with Crippen LogP contribution in [0, 0.1) is 11.6 Å². The molecule has 0 saturated heterocycles. The highest BCUT2D eigenvalue weighted by Gasteiger charge is 2.15. The zero-order valence-electron chi connectivity index (χ0n) is 14.7. The number of halogens is 2. The van der Waals surface area contributed by atoms with Crippen LogP contribution in [0.4, 0.5) is 14.5 Å². The summed E-state index contributed by atoms with van der Waals surface area (Å²) in [4.78, 5) is 32.5. The minimum Gasteiger partial charge on any atom is -0.325 e. The number of hydrogen-bond donors (Lipinski definition) is 2. The third-order valence-corrected chi connectivity index (χ3v) is 4.82. The fourth-order valence-electron chi connectivity index (χ4n) is 2.64. The number of carbonyl (C=O) groups is 1. The lowest BCUT2D eigenvalue weighted by Gasteiger charge is -2.08. The molecule has 7 nitrogen and oxygen atoms in total. The Kier molecular flexibility index (Phi) is 5.09. The highest BCUT2D eigenvalue weighted by molar-refractivity contribution is 7.99. The molecular weight excluding hydrogens is 400 g/mol. The molecule has 0 bridgehead atoms. The van der Waals surface area contributed by atoms with Gasteiger partial charge in [-0.25, -0.2) is 23.3 Å². The normalized spacial score (nSPS) is 11.0. The van der Waals surface area contributed by atoms with E-state index in [1.165, 1.54) is 40.9 Å². The second-order valence-corrected chi connectivity index (χ2v) is 6.91. The number of rotatable bonds is 5. The van der Waals surface area contributed by atoms with Gasteiger partial charge in [-0.1, -0.05) is 30.0 Å². The molecule has 2 aromatic carbocycles. The van der Waals surface area contributed by atoms with Crippen LogP contribution < -0.4 is 10.9 Å². The topological polar surface area (TPSA) is 92.2 Å². The fourth-order valence-corrected chi connectivity index (χ4v) is 3.39. The minimum absolute atomic E-state index is 0.0699. The predicted molar refractivity (Wildman–Crippen MR) is 105 cm³/mol. The molecule has 0 saturated carbocycles. The summed E-state index contributed by atoms with van der Waals surface area (Å²) >= 11 is 1.02. The van der Waals surface area contributed by atoms with Gasteiger partial charge in [-0.05, 0) is 30.3 Å². The van der Waals surface area contributed by atoms with Gasteiger partial charge in [0.15, 0.2) is 16.6 Å². The average Bonchev–Trinajstić information content (AvgIpc) is 3.06. The van der Waals surface area contributed by atoms with Gasteiger partial charge in [-0.15, -0.1) is 0 Å². The van der Waals surface area contributed by atoms with Gasteiger partial charge in [0.05, 0.1) is 11.3 Å².